The molecule has 0 bridgehead atoms. The van der Waals surface area contributed by atoms with Gasteiger partial charge >= 0.3 is 17.9 Å². The molecule has 0 aromatic heterocycles. The van der Waals surface area contributed by atoms with E-state index in [1.807, 2.05) is 0 Å². The second-order valence-electron chi connectivity index (χ2n) is 2.47. The number of cyclic esters (lactones) is 2. The SMILES string of the molecule is CC(N)C(=O)O.O=C1CCC(=O)O1. The quantitative estimate of drug-likeness (QED) is 0.416. The van der Waals surface area contributed by atoms with Gasteiger partial charge in [-0.1, -0.05) is 0 Å². The van der Waals surface area contributed by atoms with Crippen LogP contribution >= 0.6 is 0 Å². The lowest BCUT2D eigenvalue weighted by Gasteiger charge is -1.90. The molecule has 0 aliphatic carbocycles. The Labute approximate surface area is 74.7 Å². The highest BCUT2D eigenvalue weighted by Crippen LogP contribution is 2.03. The number of carbonyl (C=O) groups excluding carboxylic acids is 2. The second-order valence-corrected chi connectivity index (χ2v) is 2.47. The van der Waals surface area contributed by atoms with Gasteiger partial charge in [0, 0.05) is 0 Å². The molecule has 0 aromatic rings. The maximum atomic E-state index is 10.0. The first-order valence-corrected chi connectivity index (χ1v) is 3.65. The van der Waals surface area contributed by atoms with Crippen LogP contribution in [0, 0.1) is 0 Å². The maximum Gasteiger partial charge on any atom is 0.320 e. The average molecular weight is 189 g/mol. The summed E-state index contributed by atoms with van der Waals surface area (Å²) in [5.74, 6) is -1.76. The van der Waals surface area contributed by atoms with Gasteiger partial charge in [0.25, 0.3) is 0 Å². The summed E-state index contributed by atoms with van der Waals surface area (Å²) in [6.45, 7) is 1.42. The topological polar surface area (TPSA) is 107 Å². The molecular weight excluding hydrogens is 178 g/mol. The molecule has 0 saturated carbocycles. The summed E-state index contributed by atoms with van der Waals surface area (Å²) < 4.78 is 4.08. The van der Waals surface area contributed by atoms with Crippen LogP contribution in [0.25, 0.3) is 0 Å². The summed E-state index contributed by atoms with van der Waals surface area (Å²) in [5, 5.41) is 7.87. The van der Waals surface area contributed by atoms with Crippen molar-refractivity contribution in [3.63, 3.8) is 0 Å². The van der Waals surface area contributed by atoms with Gasteiger partial charge in [0.2, 0.25) is 0 Å². The van der Waals surface area contributed by atoms with Gasteiger partial charge in [-0.2, -0.15) is 0 Å². The highest BCUT2D eigenvalue weighted by molar-refractivity contribution is 5.92. The molecule has 0 amide bonds. The Kier molecular flexibility index (Phi) is 4.68. The molecule has 1 atom stereocenters. The zero-order chi connectivity index (χ0) is 10.4. The first kappa shape index (κ1) is 11.6. The Balaban J connectivity index is 0.000000226. The molecule has 1 aliphatic heterocycles. The molecule has 1 saturated heterocycles. The average Bonchev–Trinajstić information content (AvgIpc) is 2.35. The monoisotopic (exact) mass is 189 g/mol. The molecule has 6 nitrogen and oxygen atoms in total. The van der Waals surface area contributed by atoms with Crippen LogP contribution in [0.3, 0.4) is 0 Å². The smallest absolute Gasteiger partial charge is 0.320 e. The molecular formula is C7H11NO5. The Morgan fingerprint density at radius 2 is 1.77 bits per heavy atom. The summed E-state index contributed by atoms with van der Waals surface area (Å²) in [7, 11) is 0. The lowest BCUT2D eigenvalue weighted by atomic mass is 10.4. The minimum absolute atomic E-state index is 0.263. The van der Waals surface area contributed by atoms with Crippen LogP contribution in [0.5, 0.6) is 0 Å². The van der Waals surface area contributed by atoms with Crippen LogP contribution in [-0.2, 0) is 19.1 Å². The Morgan fingerprint density at radius 1 is 1.46 bits per heavy atom. The van der Waals surface area contributed by atoms with Crippen LogP contribution in [0.2, 0.25) is 0 Å². The highest BCUT2D eigenvalue weighted by atomic mass is 16.6. The fraction of sp³-hybridized carbons (Fsp3) is 0.571. The van der Waals surface area contributed by atoms with Gasteiger partial charge in [-0.15, -0.1) is 0 Å². The number of hydrogen-bond donors (Lipinski definition) is 2. The van der Waals surface area contributed by atoms with Crippen molar-refractivity contribution in [3.8, 4) is 0 Å². The van der Waals surface area contributed by atoms with Crippen molar-refractivity contribution in [2.45, 2.75) is 25.8 Å². The van der Waals surface area contributed by atoms with E-state index < -0.39 is 23.9 Å². The van der Waals surface area contributed by atoms with E-state index in [1.165, 1.54) is 6.92 Å². The van der Waals surface area contributed by atoms with Crippen LogP contribution in [0.4, 0.5) is 0 Å². The van der Waals surface area contributed by atoms with Gasteiger partial charge in [-0.05, 0) is 6.92 Å². The third-order valence-corrected chi connectivity index (χ3v) is 1.15. The minimum Gasteiger partial charge on any atom is -0.480 e. The number of ether oxygens (including phenoxy) is 1. The third kappa shape index (κ3) is 5.80. The Bertz CT molecular complexity index is 209. The predicted molar refractivity (Wildman–Crippen MR) is 41.6 cm³/mol. The number of esters is 2. The first-order chi connectivity index (χ1) is 5.93. The standard InChI is InChI=1S/C4H4O3.C3H7NO2/c5-3-1-2-4(6)7-3;1-2(4)3(5)6/h1-2H2;2H,4H2,1H3,(H,5,6). The van der Waals surface area contributed by atoms with Crippen molar-refractivity contribution in [2.24, 2.45) is 5.73 Å². The van der Waals surface area contributed by atoms with Gasteiger partial charge in [0.15, 0.2) is 0 Å². The van der Waals surface area contributed by atoms with E-state index in [1.54, 1.807) is 0 Å². The molecule has 0 radical (unpaired) electrons. The lowest BCUT2D eigenvalue weighted by Crippen LogP contribution is -2.25. The zero-order valence-electron chi connectivity index (χ0n) is 7.15. The van der Waals surface area contributed by atoms with Crippen LogP contribution in [0.15, 0.2) is 0 Å². The highest BCUT2D eigenvalue weighted by Gasteiger charge is 2.19. The van der Waals surface area contributed by atoms with E-state index in [0.717, 1.165) is 0 Å². The number of hydrogen-bond acceptors (Lipinski definition) is 5. The molecule has 1 aliphatic rings. The van der Waals surface area contributed by atoms with Crippen molar-refractivity contribution in [1.29, 1.82) is 0 Å². The number of carboxylic acids is 1. The molecule has 74 valence electrons. The Hall–Kier alpha value is -1.43. The van der Waals surface area contributed by atoms with Crippen LogP contribution in [0.1, 0.15) is 19.8 Å². The molecule has 1 fully saturated rings. The van der Waals surface area contributed by atoms with Gasteiger partial charge in [-0.25, -0.2) is 0 Å². The summed E-state index contributed by atoms with van der Waals surface area (Å²) >= 11 is 0. The third-order valence-electron chi connectivity index (χ3n) is 1.15. The van der Waals surface area contributed by atoms with Crippen molar-refractivity contribution in [2.75, 3.05) is 0 Å². The van der Waals surface area contributed by atoms with Crippen molar-refractivity contribution >= 4 is 17.9 Å². The molecule has 1 heterocycles. The van der Waals surface area contributed by atoms with E-state index in [9.17, 15) is 14.4 Å². The molecule has 0 spiro atoms. The molecule has 1 rings (SSSR count). The van der Waals surface area contributed by atoms with E-state index in [4.69, 9.17) is 10.8 Å². The largest absolute Gasteiger partial charge is 0.480 e. The number of nitrogens with two attached hydrogens (primary N) is 1. The van der Waals surface area contributed by atoms with E-state index in [2.05, 4.69) is 4.74 Å². The molecule has 1 unspecified atom stereocenters. The molecule has 0 aromatic carbocycles. The van der Waals surface area contributed by atoms with Gasteiger partial charge < -0.3 is 15.6 Å². The normalized spacial score (nSPS) is 17.1. The zero-order valence-corrected chi connectivity index (χ0v) is 7.15. The minimum atomic E-state index is -0.963. The molecule has 13 heavy (non-hydrogen) atoms. The van der Waals surface area contributed by atoms with Crippen LogP contribution < -0.4 is 5.73 Å². The number of rotatable bonds is 1. The fourth-order valence-electron chi connectivity index (χ4n) is 0.433. The van der Waals surface area contributed by atoms with Crippen molar-refractivity contribution in [1.82, 2.24) is 0 Å². The number of carboxylic acid groups (broad SMARTS) is 1. The van der Waals surface area contributed by atoms with E-state index >= 15 is 0 Å². The van der Waals surface area contributed by atoms with Gasteiger partial charge in [-0.3, -0.25) is 14.4 Å². The van der Waals surface area contributed by atoms with Crippen molar-refractivity contribution < 1.29 is 24.2 Å². The summed E-state index contributed by atoms with van der Waals surface area (Å²) in [6, 6.07) is -0.731. The Morgan fingerprint density at radius 3 is 1.85 bits per heavy atom. The fourth-order valence-corrected chi connectivity index (χ4v) is 0.433. The summed E-state index contributed by atoms with van der Waals surface area (Å²) in [5.41, 5.74) is 4.84. The molecule has 3 N–H and O–H groups in total. The van der Waals surface area contributed by atoms with Gasteiger partial charge in [0.05, 0.1) is 12.8 Å². The van der Waals surface area contributed by atoms with Gasteiger partial charge in [0.1, 0.15) is 6.04 Å². The molecule has 6 heteroatoms. The maximum absolute atomic E-state index is 10.0. The predicted octanol–water partition coefficient (Wildman–Crippen LogP) is -0.732. The van der Waals surface area contributed by atoms with E-state index in [0.29, 0.717) is 0 Å². The lowest BCUT2D eigenvalue weighted by molar-refractivity contribution is -0.152. The summed E-state index contributed by atoms with van der Waals surface area (Å²) in [4.78, 5) is 29.6. The first-order valence-electron chi connectivity index (χ1n) is 3.65. The summed E-state index contributed by atoms with van der Waals surface area (Å²) in [6.07, 6.45) is 0.525. The number of aliphatic carboxylic acids is 1. The van der Waals surface area contributed by atoms with Crippen molar-refractivity contribution in [3.05, 3.63) is 0 Å². The van der Waals surface area contributed by atoms with E-state index in [-0.39, 0.29) is 12.8 Å². The van der Waals surface area contributed by atoms with Crippen LogP contribution in [-0.4, -0.2) is 29.1 Å². The number of carbonyl (C=O) groups is 3. The second kappa shape index (κ2) is 5.26.